The fraction of sp³-hybridized carbons (Fsp3) is 0.280. The number of aromatic nitrogens is 4. The second kappa shape index (κ2) is 10.5. The Balaban J connectivity index is 1.28. The number of nitrogens with zero attached hydrogens (tertiary/aromatic N) is 5. The van der Waals surface area contributed by atoms with Gasteiger partial charge in [0.25, 0.3) is 0 Å². The van der Waals surface area contributed by atoms with Gasteiger partial charge < -0.3 is 25.6 Å². The van der Waals surface area contributed by atoms with Gasteiger partial charge in [-0.25, -0.2) is 4.39 Å². The number of nitrogens with one attached hydrogen (secondary N) is 3. The summed E-state index contributed by atoms with van der Waals surface area (Å²) in [6, 6.07) is 14.3. The molecule has 1 aliphatic heterocycles. The van der Waals surface area contributed by atoms with Gasteiger partial charge in [0.2, 0.25) is 17.8 Å². The minimum absolute atomic E-state index is 0.299. The molecule has 35 heavy (non-hydrogen) atoms. The van der Waals surface area contributed by atoms with E-state index in [0.717, 1.165) is 16.6 Å². The quantitative estimate of drug-likeness (QED) is 0.328. The van der Waals surface area contributed by atoms with Crippen LogP contribution in [0.25, 0.3) is 10.9 Å². The van der Waals surface area contributed by atoms with Crippen molar-refractivity contribution in [2.75, 3.05) is 60.2 Å². The minimum atomic E-state index is -0.299. The molecular weight excluding hydrogens is 447 g/mol. The smallest absolute Gasteiger partial charge is 0.233 e. The Morgan fingerprint density at radius 3 is 2.51 bits per heavy atom. The molecule has 10 heteroatoms. The zero-order chi connectivity index (χ0) is 24.0. The molecule has 0 bridgehead atoms. The molecule has 9 nitrogen and oxygen atoms in total. The van der Waals surface area contributed by atoms with E-state index in [9.17, 15) is 4.39 Å². The largest absolute Gasteiger partial charge is 0.383 e. The van der Waals surface area contributed by atoms with E-state index in [-0.39, 0.29) is 5.82 Å². The van der Waals surface area contributed by atoms with Gasteiger partial charge >= 0.3 is 0 Å². The average molecular weight is 475 g/mol. The van der Waals surface area contributed by atoms with Gasteiger partial charge in [0.15, 0.2) is 0 Å². The van der Waals surface area contributed by atoms with E-state index >= 15 is 0 Å². The maximum absolute atomic E-state index is 13.3. The summed E-state index contributed by atoms with van der Waals surface area (Å²) in [6.07, 6.45) is 1.81. The fourth-order valence-electron chi connectivity index (χ4n) is 3.85. The van der Waals surface area contributed by atoms with Crippen molar-refractivity contribution in [3.63, 3.8) is 0 Å². The molecule has 0 spiro atoms. The second-order valence-corrected chi connectivity index (χ2v) is 8.25. The highest BCUT2D eigenvalue weighted by Gasteiger charge is 2.17. The summed E-state index contributed by atoms with van der Waals surface area (Å²) in [4.78, 5) is 20.2. The molecule has 5 rings (SSSR count). The molecule has 1 aliphatic rings. The van der Waals surface area contributed by atoms with Crippen LogP contribution in [0.4, 0.5) is 33.6 Å². The molecule has 1 saturated heterocycles. The Hall–Kier alpha value is -4.05. The molecule has 2 aromatic carbocycles. The SMILES string of the molecule is Cc1ccc2c(NCCNc3nc(Nc4ccc(F)cc4)nc(N4CCOCC4)n3)ccnc2c1. The summed E-state index contributed by atoms with van der Waals surface area (Å²) in [6.45, 7) is 5.97. The van der Waals surface area contributed by atoms with Crippen molar-refractivity contribution in [1.82, 2.24) is 19.9 Å². The Labute approximate surface area is 202 Å². The molecule has 0 saturated carbocycles. The molecule has 3 N–H and O–H groups in total. The first kappa shape index (κ1) is 22.7. The molecule has 0 unspecified atom stereocenters. The lowest BCUT2D eigenvalue weighted by atomic mass is 10.1. The first-order valence-corrected chi connectivity index (χ1v) is 11.6. The Bertz CT molecular complexity index is 1290. The number of fused-ring (bicyclic) bond motifs is 1. The zero-order valence-electron chi connectivity index (χ0n) is 19.5. The number of aryl methyl sites for hydroxylation is 1. The van der Waals surface area contributed by atoms with Crippen LogP contribution in [0.15, 0.2) is 54.7 Å². The molecule has 2 aromatic heterocycles. The number of rotatable bonds is 8. The fourth-order valence-corrected chi connectivity index (χ4v) is 3.85. The molecule has 1 fully saturated rings. The third kappa shape index (κ3) is 5.72. The summed E-state index contributed by atoms with van der Waals surface area (Å²) >= 11 is 0. The number of hydrogen-bond acceptors (Lipinski definition) is 9. The standard InChI is InChI=1S/C25H27FN8O/c1-17-2-7-20-21(8-9-27-22(20)16-17)28-10-11-29-23-31-24(30-19-5-3-18(26)4-6-19)33-25(32-23)34-12-14-35-15-13-34/h2-9,16H,10-15H2,1H3,(H,27,28)(H2,29,30,31,32,33). The lowest BCUT2D eigenvalue weighted by Gasteiger charge is -2.27. The molecule has 0 aliphatic carbocycles. The van der Waals surface area contributed by atoms with Crippen LogP contribution in [0.1, 0.15) is 5.56 Å². The summed E-state index contributed by atoms with van der Waals surface area (Å²) in [5.41, 5.74) is 3.87. The molecule has 3 heterocycles. The lowest BCUT2D eigenvalue weighted by molar-refractivity contribution is 0.122. The molecule has 0 amide bonds. The van der Waals surface area contributed by atoms with Crippen LogP contribution in [-0.2, 0) is 4.74 Å². The number of pyridine rings is 1. The number of anilines is 5. The predicted octanol–water partition coefficient (Wildman–Crippen LogP) is 3.97. The number of benzene rings is 2. The zero-order valence-corrected chi connectivity index (χ0v) is 19.5. The number of ether oxygens (including phenoxy) is 1. The number of hydrogen-bond donors (Lipinski definition) is 3. The van der Waals surface area contributed by atoms with Crippen molar-refractivity contribution < 1.29 is 9.13 Å². The van der Waals surface area contributed by atoms with Gasteiger partial charge in [0, 0.05) is 49.1 Å². The van der Waals surface area contributed by atoms with Crippen LogP contribution in [-0.4, -0.2) is 59.3 Å². The Kier molecular flexibility index (Phi) is 6.80. The summed E-state index contributed by atoms with van der Waals surface area (Å²) in [5, 5.41) is 11.0. The van der Waals surface area contributed by atoms with Gasteiger partial charge in [-0.15, -0.1) is 0 Å². The Morgan fingerprint density at radius 2 is 1.69 bits per heavy atom. The van der Waals surface area contributed by atoms with E-state index in [2.05, 4.69) is 65.9 Å². The van der Waals surface area contributed by atoms with E-state index in [1.165, 1.54) is 17.7 Å². The maximum atomic E-state index is 13.3. The van der Waals surface area contributed by atoms with Gasteiger partial charge in [0.05, 0.1) is 18.7 Å². The molecule has 0 atom stereocenters. The van der Waals surface area contributed by atoms with Gasteiger partial charge in [-0.3, -0.25) is 4.98 Å². The minimum Gasteiger partial charge on any atom is -0.383 e. The molecule has 0 radical (unpaired) electrons. The van der Waals surface area contributed by atoms with Crippen molar-refractivity contribution in [3.05, 3.63) is 66.1 Å². The highest BCUT2D eigenvalue weighted by molar-refractivity contribution is 5.91. The normalized spacial score (nSPS) is 13.6. The van der Waals surface area contributed by atoms with Crippen LogP contribution in [0, 0.1) is 12.7 Å². The van der Waals surface area contributed by atoms with Gasteiger partial charge in [-0.2, -0.15) is 15.0 Å². The first-order valence-electron chi connectivity index (χ1n) is 11.6. The first-order chi connectivity index (χ1) is 17.1. The third-order valence-electron chi connectivity index (χ3n) is 5.64. The number of halogens is 1. The average Bonchev–Trinajstić information content (AvgIpc) is 2.88. The highest BCUT2D eigenvalue weighted by Crippen LogP contribution is 2.22. The van der Waals surface area contributed by atoms with Crippen molar-refractivity contribution in [3.8, 4) is 0 Å². The number of morpholine rings is 1. The van der Waals surface area contributed by atoms with Crippen molar-refractivity contribution in [1.29, 1.82) is 0 Å². The third-order valence-corrected chi connectivity index (χ3v) is 5.64. The maximum Gasteiger partial charge on any atom is 0.233 e. The summed E-state index contributed by atoms with van der Waals surface area (Å²) < 4.78 is 18.7. The summed E-state index contributed by atoms with van der Waals surface area (Å²) in [7, 11) is 0. The molecule has 4 aromatic rings. The Morgan fingerprint density at radius 1 is 0.914 bits per heavy atom. The van der Waals surface area contributed by atoms with Crippen molar-refractivity contribution in [2.24, 2.45) is 0 Å². The van der Waals surface area contributed by atoms with E-state index in [0.29, 0.717) is 62.9 Å². The second-order valence-electron chi connectivity index (χ2n) is 8.25. The van der Waals surface area contributed by atoms with E-state index < -0.39 is 0 Å². The van der Waals surface area contributed by atoms with Gasteiger partial charge in [0.1, 0.15) is 5.82 Å². The van der Waals surface area contributed by atoms with Crippen LogP contribution < -0.4 is 20.9 Å². The lowest BCUT2D eigenvalue weighted by Crippen LogP contribution is -2.37. The molecule has 180 valence electrons. The van der Waals surface area contributed by atoms with Gasteiger partial charge in [-0.05, 0) is 48.9 Å². The van der Waals surface area contributed by atoms with Crippen LogP contribution in [0.5, 0.6) is 0 Å². The topological polar surface area (TPSA) is 100 Å². The predicted molar refractivity (Wildman–Crippen MR) is 136 cm³/mol. The van der Waals surface area contributed by atoms with E-state index in [4.69, 9.17) is 4.74 Å². The van der Waals surface area contributed by atoms with E-state index in [1.54, 1.807) is 12.1 Å². The highest BCUT2D eigenvalue weighted by atomic mass is 19.1. The van der Waals surface area contributed by atoms with E-state index in [1.807, 2.05) is 12.3 Å². The van der Waals surface area contributed by atoms with Crippen molar-refractivity contribution in [2.45, 2.75) is 6.92 Å². The van der Waals surface area contributed by atoms with Crippen LogP contribution in [0.2, 0.25) is 0 Å². The molecular formula is C25H27FN8O. The van der Waals surface area contributed by atoms with Crippen LogP contribution in [0.3, 0.4) is 0 Å². The monoisotopic (exact) mass is 474 g/mol. The van der Waals surface area contributed by atoms with Crippen LogP contribution >= 0.6 is 0 Å². The summed E-state index contributed by atoms with van der Waals surface area (Å²) in [5.74, 6) is 1.12. The van der Waals surface area contributed by atoms with Crippen molar-refractivity contribution >= 4 is 40.1 Å². The van der Waals surface area contributed by atoms with Gasteiger partial charge in [-0.1, -0.05) is 12.1 Å².